The number of nitrogens with one attached hydrogen (secondary N) is 5. The molecule has 3 atom stereocenters. The summed E-state index contributed by atoms with van der Waals surface area (Å²) in [5.41, 5.74) is 10.7. The number of nitrogens with two attached hydrogens (primary N) is 2. The Kier molecular flexibility index (Phi) is 34.0. The van der Waals surface area contributed by atoms with E-state index >= 15 is 0 Å². The minimum absolute atomic E-state index is 0.0414. The van der Waals surface area contributed by atoms with Crippen LogP contribution >= 0.6 is 0 Å². The molecular formula is C39H73N7O11. The zero-order chi connectivity index (χ0) is 42.5. The van der Waals surface area contributed by atoms with Gasteiger partial charge in [-0.25, -0.2) is 0 Å². The van der Waals surface area contributed by atoms with E-state index < -0.39 is 11.9 Å². The van der Waals surface area contributed by atoms with Crippen molar-refractivity contribution in [3.63, 3.8) is 0 Å². The molecule has 0 aromatic heterocycles. The SMILES string of the molecule is CCOCCOCC(=O)NCCCC[C@H](NC(=O)[C@@H](C)CCCCNC(=O)CCCC(=O)NCCCCOCCOCC(=O)NCCCC[C@H](C)C(N)=O)C(N)=O. The summed E-state index contributed by atoms with van der Waals surface area (Å²) in [5.74, 6) is -2.35. The standard InChI is InChI=1S/C39H73N7O11/c1-4-54-24-26-56-28-35(49)45-21-10-7-16-32(38(41)52)46-39(53)31(3)15-6-9-19-42-33(47)17-13-18-34(48)43-22-11-12-23-55-25-27-57-29-36(50)44-20-8-5-14-30(2)37(40)51/h30-32H,4-29H2,1-3H3,(H2,40,51)(H2,41,52)(H,42,47)(H,43,48)(H,44,50)(H,45,49)(H,46,53)/t30-,31-,32-/m0/s1. The first-order valence-electron chi connectivity index (χ1n) is 20.6. The molecule has 7 amide bonds. The average molecular weight is 816 g/mol. The number of amides is 7. The molecule has 330 valence electrons. The lowest BCUT2D eigenvalue weighted by molar-refractivity contribution is -0.129. The molecule has 0 unspecified atom stereocenters. The van der Waals surface area contributed by atoms with Crippen LogP contribution in [-0.2, 0) is 52.5 Å². The lowest BCUT2D eigenvalue weighted by Crippen LogP contribution is -2.46. The van der Waals surface area contributed by atoms with Crippen molar-refractivity contribution >= 4 is 41.4 Å². The molecule has 57 heavy (non-hydrogen) atoms. The minimum atomic E-state index is -0.793. The fourth-order valence-corrected chi connectivity index (χ4v) is 5.24. The van der Waals surface area contributed by atoms with Crippen LogP contribution < -0.4 is 38.1 Å². The number of unbranched alkanes of at least 4 members (excludes halogenated alkanes) is 4. The molecule has 0 fully saturated rings. The lowest BCUT2D eigenvalue weighted by Gasteiger charge is -2.18. The van der Waals surface area contributed by atoms with E-state index in [9.17, 15) is 33.6 Å². The first-order chi connectivity index (χ1) is 27.4. The van der Waals surface area contributed by atoms with Gasteiger partial charge in [-0.2, -0.15) is 0 Å². The third kappa shape index (κ3) is 33.9. The smallest absolute Gasteiger partial charge is 0.245 e. The quantitative estimate of drug-likeness (QED) is 0.0425. The van der Waals surface area contributed by atoms with E-state index in [1.165, 1.54) is 0 Å². The number of primary amides is 2. The molecule has 0 heterocycles. The number of rotatable bonds is 39. The molecule has 9 N–H and O–H groups in total. The molecule has 0 radical (unpaired) electrons. The molecule has 0 spiro atoms. The molecule has 0 saturated heterocycles. The molecule has 0 rings (SSSR count). The van der Waals surface area contributed by atoms with Crippen LogP contribution in [0.25, 0.3) is 0 Å². The molecule has 0 aliphatic carbocycles. The fourth-order valence-electron chi connectivity index (χ4n) is 5.24. The van der Waals surface area contributed by atoms with Gasteiger partial charge in [0, 0.05) is 64.1 Å². The van der Waals surface area contributed by atoms with Crippen LogP contribution in [0.15, 0.2) is 0 Å². The maximum Gasteiger partial charge on any atom is 0.245 e. The van der Waals surface area contributed by atoms with Gasteiger partial charge in [0.15, 0.2) is 0 Å². The Bertz CT molecular complexity index is 1150. The van der Waals surface area contributed by atoms with Crippen LogP contribution in [0.5, 0.6) is 0 Å². The second kappa shape index (κ2) is 36.5. The predicted molar refractivity (Wildman–Crippen MR) is 214 cm³/mol. The van der Waals surface area contributed by atoms with Crippen molar-refractivity contribution in [2.24, 2.45) is 23.3 Å². The predicted octanol–water partition coefficient (Wildman–Crippen LogP) is 0.727. The van der Waals surface area contributed by atoms with E-state index in [0.717, 1.165) is 25.7 Å². The second-order valence-corrected chi connectivity index (χ2v) is 14.0. The van der Waals surface area contributed by atoms with Crippen LogP contribution in [0.3, 0.4) is 0 Å². The van der Waals surface area contributed by atoms with E-state index in [0.29, 0.717) is 117 Å². The highest BCUT2D eigenvalue weighted by atomic mass is 16.5. The summed E-state index contributed by atoms with van der Waals surface area (Å²) in [7, 11) is 0. The van der Waals surface area contributed by atoms with Crippen LogP contribution in [0, 0.1) is 11.8 Å². The zero-order valence-corrected chi connectivity index (χ0v) is 34.8. The Morgan fingerprint density at radius 2 is 0.912 bits per heavy atom. The molecule has 18 heteroatoms. The van der Waals surface area contributed by atoms with E-state index in [4.69, 9.17) is 30.4 Å². The summed E-state index contributed by atoms with van der Waals surface area (Å²) in [6, 6.07) is -0.793. The molecule has 0 aromatic rings. The van der Waals surface area contributed by atoms with Crippen LogP contribution in [0.4, 0.5) is 0 Å². The molecule has 0 aromatic carbocycles. The van der Waals surface area contributed by atoms with Gasteiger partial charge in [-0.3, -0.25) is 33.6 Å². The maximum atomic E-state index is 12.7. The summed E-state index contributed by atoms with van der Waals surface area (Å²) in [4.78, 5) is 83.4. The Balaban J connectivity index is 3.77. The number of ether oxygens (including phenoxy) is 4. The fraction of sp³-hybridized carbons (Fsp3) is 0.821. The van der Waals surface area contributed by atoms with Gasteiger partial charge >= 0.3 is 0 Å². The van der Waals surface area contributed by atoms with Gasteiger partial charge < -0.3 is 57.0 Å². The van der Waals surface area contributed by atoms with Crippen molar-refractivity contribution in [3.05, 3.63) is 0 Å². The van der Waals surface area contributed by atoms with Crippen LogP contribution in [0.1, 0.15) is 111 Å². The molecular weight excluding hydrogens is 742 g/mol. The van der Waals surface area contributed by atoms with Crippen molar-refractivity contribution in [2.45, 2.75) is 117 Å². The third-order valence-electron chi connectivity index (χ3n) is 8.87. The van der Waals surface area contributed by atoms with Crippen molar-refractivity contribution in [3.8, 4) is 0 Å². The number of carbonyl (C=O) groups is 7. The lowest BCUT2D eigenvalue weighted by atomic mass is 10.0. The highest BCUT2D eigenvalue weighted by molar-refractivity contribution is 5.87. The summed E-state index contributed by atoms with van der Waals surface area (Å²) < 4.78 is 21.2. The molecule has 18 nitrogen and oxygen atoms in total. The van der Waals surface area contributed by atoms with Gasteiger partial charge in [0.2, 0.25) is 41.4 Å². The van der Waals surface area contributed by atoms with Crippen LogP contribution in [-0.4, -0.2) is 126 Å². The summed E-state index contributed by atoms with van der Waals surface area (Å²) in [6.07, 6.45) is 8.25. The van der Waals surface area contributed by atoms with Crippen LogP contribution in [0.2, 0.25) is 0 Å². The summed E-state index contributed by atoms with van der Waals surface area (Å²) in [5, 5.41) is 13.9. The van der Waals surface area contributed by atoms with Crippen molar-refractivity contribution in [2.75, 3.05) is 79.0 Å². The number of hydrogen-bond acceptors (Lipinski definition) is 11. The largest absolute Gasteiger partial charge is 0.379 e. The van der Waals surface area contributed by atoms with Gasteiger partial charge in [-0.05, 0) is 71.1 Å². The minimum Gasteiger partial charge on any atom is -0.379 e. The molecule has 0 saturated carbocycles. The first-order valence-corrected chi connectivity index (χ1v) is 20.6. The van der Waals surface area contributed by atoms with E-state index in [-0.39, 0.29) is 73.3 Å². The molecule has 0 aliphatic heterocycles. The Hall–Kier alpha value is -3.87. The van der Waals surface area contributed by atoms with Crippen molar-refractivity contribution in [1.82, 2.24) is 26.6 Å². The van der Waals surface area contributed by atoms with E-state index in [2.05, 4.69) is 26.6 Å². The topological polar surface area (TPSA) is 269 Å². The van der Waals surface area contributed by atoms with E-state index in [1.54, 1.807) is 13.8 Å². The molecule has 0 bridgehead atoms. The maximum absolute atomic E-state index is 12.7. The monoisotopic (exact) mass is 816 g/mol. The average Bonchev–Trinajstić information content (AvgIpc) is 3.17. The summed E-state index contributed by atoms with van der Waals surface area (Å²) >= 11 is 0. The van der Waals surface area contributed by atoms with Gasteiger partial charge in [-0.15, -0.1) is 0 Å². The van der Waals surface area contributed by atoms with Gasteiger partial charge in [0.05, 0.1) is 26.4 Å². The Labute approximate surface area is 339 Å². The molecule has 0 aliphatic rings. The highest BCUT2D eigenvalue weighted by Crippen LogP contribution is 2.10. The first kappa shape index (κ1) is 53.1. The van der Waals surface area contributed by atoms with Crippen molar-refractivity contribution < 1.29 is 52.5 Å². The Morgan fingerprint density at radius 1 is 0.474 bits per heavy atom. The normalized spacial score (nSPS) is 12.5. The van der Waals surface area contributed by atoms with Crippen molar-refractivity contribution in [1.29, 1.82) is 0 Å². The van der Waals surface area contributed by atoms with E-state index in [1.807, 2.05) is 6.92 Å². The van der Waals surface area contributed by atoms with Gasteiger partial charge in [-0.1, -0.05) is 26.7 Å². The highest BCUT2D eigenvalue weighted by Gasteiger charge is 2.21. The summed E-state index contributed by atoms with van der Waals surface area (Å²) in [6.45, 7) is 9.83. The number of carbonyl (C=O) groups excluding carboxylic acids is 7. The van der Waals surface area contributed by atoms with Gasteiger partial charge in [0.25, 0.3) is 0 Å². The zero-order valence-electron chi connectivity index (χ0n) is 34.8. The second-order valence-electron chi connectivity index (χ2n) is 14.0. The third-order valence-corrected chi connectivity index (χ3v) is 8.87. The Morgan fingerprint density at radius 3 is 1.40 bits per heavy atom. The number of hydrogen-bond donors (Lipinski definition) is 7. The van der Waals surface area contributed by atoms with Gasteiger partial charge in [0.1, 0.15) is 19.3 Å².